The molecule has 3 rings (SSSR count). The summed E-state index contributed by atoms with van der Waals surface area (Å²) < 4.78 is 1.95. The Morgan fingerprint density at radius 3 is 2.71 bits per heavy atom. The van der Waals surface area contributed by atoms with Crippen LogP contribution in [-0.2, 0) is 4.79 Å². The molecular weight excluding hydrogens is 322 g/mol. The lowest BCUT2D eigenvalue weighted by molar-refractivity contribution is -0.119. The van der Waals surface area contributed by atoms with Crippen LogP contribution in [0.2, 0.25) is 5.02 Å². The van der Waals surface area contributed by atoms with Gasteiger partial charge in [-0.25, -0.2) is 4.68 Å². The van der Waals surface area contributed by atoms with Gasteiger partial charge in [0.1, 0.15) is 0 Å². The van der Waals surface area contributed by atoms with Gasteiger partial charge in [-0.3, -0.25) is 4.79 Å². The molecule has 0 spiro atoms. The Morgan fingerprint density at radius 1 is 1.29 bits per heavy atom. The molecule has 0 radical (unpaired) electrons. The number of hydrogen-bond donors (Lipinski definition) is 1. The molecule has 1 aliphatic rings. The van der Waals surface area contributed by atoms with Crippen molar-refractivity contribution in [3.8, 4) is 5.69 Å². The molecule has 0 aliphatic heterocycles. The minimum absolute atomic E-state index is 0.00346. The van der Waals surface area contributed by atoms with Gasteiger partial charge < -0.3 is 5.32 Å². The van der Waals surface area contributed by atoms with E-state index in [0.717, 1.165) is 34.1 Å². The van der Waals surface area contributed by atoms with Crippen LogP contribution in [0.15, 0.2) is 30.4 Å². The SMILES string of the molecule is CC(=O)N[C@@H]1C=C[C@H](c2c(C)nn(-c3ccc(C)c(Cl)c3)c2C)C1. The number of benzene rings is 1. The van der Waals surface area contributed by atoms with Gasteiger partial charge in [0.2, 0.25) is 5.91 Å². The van der Waals surface area contributed by atoms with Crippen LogP contribution < -0.4 is 5.32 Å². The minimum atomic E-state index is 0.00346. The van der Waals surface area contributed by atoms with Crippen molar-refractivity contribution in [3.05, 3.63) is 57.9 Å². The number of carbonyl (C=O) groups excluding carboxylic acids is 1. The van der Waals surface area contributed by atoms with E-state index < -0.39 is 0 Å². The number of aromatic nitrogens is 2. The smallest absolute Gasteiger partial charge is 0.217 e. The molecule has 1 amide bonds. The zero-order valence-corrected chi connectivity index (χ0v) is 15.2. The lowest BCUT2D eigenvalue weighted by Gasteiger charge is -2.14. The highest BCUT2D eigenvalue weighted by molar-refractivity contribution is 6.31. The summed E-state index contributed by atoms with van der Waals surface area (Å²) >= 11 is 6.26. The summed E-state index contributed by atoms with van der Waals surface area (Å²) in [6.45, 7) is 7.66. The summed E-state index contributed by atoms with van der Waals surface area (Å²) in [5.41, 5.74) is 5.39. The number of amides is 1. The fraction of sp³-hybridized carbons (Fsp3) is 0.368. The second kappa shape index (κ2) is 6.44. The molecule has 0 unspecified atom stereocenters. The van der Waals surface area contributed by atoms with Crippen LogP contribution in [0, 0.1) is 20.8 Å². The van der Waals surface area contributed by atoms with Crippen molar-refractivity contribution < 1.29 is 4.79 Å². The molecule has 1 heterocycles. The standard InChI is InChI=1S/C19H22ClN3O/c1-11-5-8-17(10-18(11)20)23-13(3)19(12(2)22-23)15-6-7-16(9-15)21-14(4)24/h5-8,10,15-16H,9H2,1-4H3,(H,21,24)/t15-,16+/m0/s1. The van der Waals surface area contributed by atoms with Gasteiger partial charge in [-0.15, -0.1) is 0 Å². The number of rotatable bonds is 3. The van der Waals surface area contributed by atoms with Gasteiger partial charge in [0.25, 0.3) is 0 Å². The molecule has 0 saturated carbocycles. The van der Waals surface area contributed by atoms with Gasteiger partial charge in [-0.05, 0) is 44.9 Å². The molecule has 0 bridgehead atoms. The van der Waals surface area contributed by atoms with Gasteiger partial charge in [-0.1, -0.05) is 29.8 Å². The molecule has 2 aromatic rings. The number of allylic oxidation sites excluding steroid dienone is 1. The van der Waals surface area contributed by atoms with Crippen LogP contribution in [0.4, 0.5) is 0 Å². The molecule has 24 heavy (non-hydrogen) atoms. The lowest BCUT2D eigenvalue weighted by atomic mass is 9.96. The molecule has 4 nitrogen and oxygen atoms in total. The normalized spacial score (nSPS) is 19.7. The van der Waals surface area contributed by atoms with E-state index in [9.17, 15) is 4.79 Å². The summed E-state index contributed by atoms with van der Waals surface area (Å²) in [6, 6.07) is 6.10. The Labute approximate surface area is 147 Å². The molecular formula is C19H22ClN3O. The summed E-state index contributed by atoms with van der Waals surface area (Å²) in [4.78, 5) is 11.3. The number of nitrogens with one attached hydrogen (secondary N) is 1. The maximum atomic E-state index is 11.3. The maximum Gasteiger partial charge on any atom is 0.217 e. The first kappa shape index (κ1) is 16.8. The van der Waals surface area contributed by atoms with Crippen molar-refractivity contribution in [1.29, 1.82) is 0 Å². The number of halogens is 1. The quantitative estimate of drug-likeness (QED) is 0.856. The fourth-order valence-corrected chi connectivity index (χ4v) is 3.61. The van der Waals surface area contributed by atoms with Crippen LogP contribution >= 0.6 is 11.6 Å². The molecule has 0 saturated heterocycles. The van der Waals surface area contributed by atoms with Gasteiger partial charge in [-0.2, -0.15) is 5.10 Å². The third-order valence-electron chi connectivity index (χ3n) is 4.59. The monoisotopic (exact) mass is 343 g/mol. The summed E-state index contributed by atoms with van der Waals surface area (Å²) in [5.74, 6) is 0.278. The summed E-state index contributed by atoms with van der Waals surface area (Å²) in [7, 11) is 0. The highest BCUT2D eigenvalue weighted by Gasteiger charge is 2.26. The summed E-state index contributed by atoms with van der Waals surface area (Å²) in [6.07, 6.45) is 5.12. The van der Waals surface area contributed by atoms with E-state index in [1.165, 1.54) is 5.56 Å². The molecule has 0 fully saturated rings. The first-order valence-corrected chi connectivity index (χ1v) is 8.52. The number of nitrogens with zero attached hydrogens (tertiary/aromatic N) is 2. The highest BCUT2D eigenvalue weighted by Crippen LogP contribution is 2.34. The van der Waals surface area contributed by atoms with E-state index in [-0.39, 0.29) is 17.9 Å². The Hall–Kier alpha value is -2.07. The molecule has 1 aliphatic carbocycles. The van der Waals surface area contributed by atoms with Crippen LogP contribution in [0.25, 0.3) is 5.69 Å². The third kappa shape index (κ3) is 3.11. The molecule has 1 N–H and O–H groups in total. The van der Waals surface area contributed by atoms with Crippen LogP contribution in [-0.4, -0.2) is 21.7 Å². The molecule has 5 heteroatoms. The predicted molar refractivity (Wildman–Crippen MR) is 96.9 cm³/mol. The first-order chi connectivity index (χ1) is 11.4. The number of carbonyl (C=O) groups is 1. The maximum absolute atomic E-state index is 11.3. The molecule has 1 aromatic carbocycles. The molecule has 1 aromatic heterocycles. The van der Waals surface area contributed by atoms with Crippen molar-refractivity contribution in [3.63, 3.8) is 0 Å². The number of hydrogen-bond acceptors (Lipinski definition) is 2. The van der Waals surface area contributed by atoms with Crippen LogP contribution in [0.1, 0.15) is 41.8 Å². The van der Waals surface area contributed by atoms with Crippen molar-refractivity contribution in [2.75, 3.05) is 0 Å². The fourth-order valence-electron chi connectivity index (χ4n) is 3.44. The summed E-state index contributed by atoms with van der Waals surface area (Å²) in [5, 5.41) is 8.42. The third-order valence-corrected chi connectivity index (χ3v) is 5.00. The average molecular weight is 344 g/mol. The number of aryl methyl sites for hydroxylation is 2. The Balaban J connectivity index is 1.92. The van der Waals surface area contributed by atoms with E-state index >= 15 is 0 Å². The van der Waals surface area contributed by atoms with E-state index in [2.05, 4.69) is 24.4 Å². The Bertz CT molecular complexity index is 822. The Morgan fingerprint density at radius 2 is 2.04 bits per heavy atom. The largest absolute Gasteiger partial charge is 0.350 e. The topological polar surface area (TPSA) is 46.9 Å². The van der Waals surface area contributed by atoms with Gasteiger partial charge >= 0.3 is 0 Å². The van der Waals surface area contributed by atoms with E-state index in [1.54, 1.807) is 6.92 Å². The lowest BCUT2D eigenvalue weighted by Crippen LogP contribution is -2.30. The van der Waals surface area contributed by atoms with Crippen LogP contribution in [0.3, 0.4) is 0 Å². The predicted octanol–water partition coefficient (Wildman–Crippen LogP) is 4.00. The van der Waals surface area contributed by atoms with Gasteiger partial charge in [0, 0.05) is 35.2 Å². The molecule has 126 valence electrons. The minimum Gasteiger partial charge on any atom is -0.350 e. The van der Waals surface area contributed by atoms with Gasteiger partial charge in [0.15, 0.2) is 0 Å². The van der Waals surface area contributed by atoms with E-state index in [4.69, 9.17) is 16.7 Å². The zero-order valence-electron chi connectivity index (χ0n) is 14.4. The second-order valence-corrected chi connectivity index (χ2v) is 6.87. The van der Waals surface area contributed by atoms with Crippen molar-refractivity contribution in [1.82, 2.24) is 15.1 Å². The van der Waals surface area contributed by atoms with Crippen molar-refractivity contribution >= 4 is 17.5 Å². The second-order valence-electron chi connectivity index (χ2n) is 6.46. The molecule has 2 atom stereocenters. The van der Waals surface area contributed by atoms with Crippen molar-refractivity contribution in [2.45, 2.75) is 46.1 Å². The van der Waals surface area contributed by atoms with Crippen molar-refractivity contribution in [2.24, 2.45) is 0 Å². The van der Waals surface area contributed by atoms with E-state index in [1.807, 2.05) is 36.7 Å². The van der Waals surface area contributed by atoms with E-state index in [0.29, 0.717) is 0 Å². The Kier molecular flexibility index (Phi) is 4.50. The zero-order chi connectivity index (χ0) is 17.4. The van der Waals surface area contributed by atoms with Gasteiger partial charge in [0.05, 0.1) is 11.4 Å². The first-order valence-electron chi connectivity index (χ1n) is 8.15. The average Bonchev–Trinajstić information content (AvgIpc) is 3.06. The highest BCUT2D eigenvalue weighted by atomic mass is 35.5. The van der Waals surface area contributed by atoms with Crippen LogP contribution in [0.5, 0.6) is 0 Å².